The van der Waals surface area contributed by atoms with Gasteiger partial charge in [0.25, 0.3) is 0 Å². The molecule has 0 radical (unpaired) electrons. The zero-order valence-electron chi connectivity index (χ0n) is 7.29. The van der Waals surface area contributed by atoms with E-state index < -0.39 is 0 Å². The van der Waals surface area contributed by atoms with Crippen LogP contribution in [0.2, 0.25) is 0 Å². The standard InChI is InChI=1S/C9H16O3/c10-7-8-2-1-3-9(6-8)11-4-5-12-9/h8,10H,1-7H2/t8-/m0/s1. The van der Waals surface area contributed by atoms with Crippen LogP contribution in [0.5, 0.6) is 0 Å². The summed E-state index contributed by atoms with van der Waals surface area (Å²) in [5.41, 5.74) is 0. The molecule has 2 aliphatic rings. The number of rotatable bonds is 1. The molecule has 1 N–H and O–H groups in total. The van der Waals surface area contributed by atoms with E-state index in [1.54, 1.807) is 0 Å². The molecule has 0 aromatic carbocycles. The Hall–Kier alpha value is -0.120. The maximum atomic E-state index is 9.02. The van der Waals surface area contributed by atoms with Crippen LogP contribution in [0.25, 0.3) is 0 Å². The van der Waals surface area contributed by atoms with Gasteiger partial charge in [-0.25, -0.2) is 0 Å². The highest BCUT2D eigenvalue weighted by atomic mass is 16.7. The first-order chi connectivity index (χ1) is 5.85. The molecule has 1 saturated heterocycles. The van der Waals surface area contributed by atoms with E-state index in [0.29, 0.717) is 5.92 Å². The number of hydrogen-bond acceptors (Lipinski definition) is 3. The second-order valence-corrected chi connectivity index (χ2v) is 3.75. The van der Waals surface area contributed by atoms with Gasteiger partial charge in [0.1, 0.15) is 0 Å². The number of aliphatic hydroxyl groups excluding tert-OH is 1. The molecule has 0 amide bonds. The van der Waals surface area contributed by atoms with Crippen LogP contribution in [0.3, 0.4) is 0 Å². The topological polar surface area (TPSA) is 38.7 Å². The summed E-state index contributed by atoms with van der Waals surface area (Å²) in [7, 11) is 0. The van der Waals surface area contributed by atoms with Gasteiger partial charge in [0.2, 0.25) is 0 Å². The summed E-state index contributed by atoms with van der Waals surface area (Å²) in [5.74, 6) is 0.0721. The summed E-state index contributed by atoms with van der Waals surface area (Å²) < 4.78 is 11.2. The van der Waals surface area contributed by atoms with E-state index in [1.807, 2.05) is 0 Å². The summed E-state index contributed by atoms with van der Waals surface area (Å²) in [4.78, 5) is 0. The lowest BCUT2D eigenvalue weighted by Crippen LogP contribution is -2.37. The average Bonchev–Trinajstić information content (AvgIpc) is 2.53. The van der Waals surface area contributed by atoms with E-state index in [9.17, 15) is 0 Å². The molecule has 3 heteroatoms. The van der Waals surface area contributed by atoms with Crippen LogP contribution in [0.1, 0.15) is 25.7 Å². The third-order valence-electron chi connectivity index (χ3n) is 2.84. The van der Waals surface area contributed by atoms with Crippen LogP contribution < -0.4 is 0 Å². The molecule has 2 fully saturated rings. The zero-order chi connectivity index (χ0) is 8.44. The molecule has 1 atom stereocenters. The minimum atomic E-state index is -0.314. The highest BCUT2D eigenvalue weighted by Gasteiger charge is 2.40. The Balaban J connectivity index is 1.97. The maximum absolute atomic E-state index is 9.02. The van der Waals surface area contributed by atoms with Gasteiger partial charge in [-0.15, -0.1) is 0 Å². The van der Waals surface area contributed by atoms with Crippen molar-refractivity contribution in [2.24, 2.45) is 5.92 Å². The Morgan fingerprint density at radius 1 is 1.33 bits per heavy atom. The molecule has 1 saturated carbocycles. The quantitative estimate of drug-likeness (QED) is 0.639. The molecule has 12 heavy (non-hydrogen) atoms. The second-order valence-electron chi connectivity index (χ2n) is 3.75. The lowest BCUT2D eigenvalue weighted by atomic mass is 9.85. The molecule has 0 aromatic heterocycles. The van der Waals surface area contributed by atoms with Crippen LogP contribution in [-0.2, 0) is 9.47 Å². The van der Waals surface area contributed by atoms with Crippen molar-refractivity contribution < 1.29 is 14.6 Å². The molecular formula is C9H16O3. The first-order valence-electron chi connectivity index (χ1n) is 4.73. The monoisotopic (exact) mass is 172 g/mol. The van der Waals surface area contributed by atoms with Gasteiger partial charge in [-0.1, -0.05) is 0 Å². The van der Waals surface area contributed by atoms with Crippen molar-refractivity contribution in [1.29, 1.82) is 0 Å². The fourth-order valence-electron chi connectivity index (χ4n) is 2.22. The van der Waals surface area contributed by atoms with Crippen molar-refractivity contribution in [3.8, 4) is 0 Å². The summed E-state index contributed by atoms with van der Waals surface area (Å²) in [6.07, 6.45) is 4.11. The van der Waals surface area contributed by atoms with Crippen LogP contribution in [0, 0.1) is 5.92 Å². The van der Waals surface area contributed by atoms with Gasteiger partial charge in [-0.05, 0) is 18.8 Å². The zero-order valence-corrected chi connectivity index (χ0v) is 7.29. The van der Waals surface area contributed by atoms with Gasteiger partial charge >= 0.3 is 0 Å². The third-order valence-corrected chi connectivity index (χ3v) is 2.84. The predicted octanol–water partition coefficient (Wildman–Crippen LogP) is 0.912. The summed E-state index contributed by atoms with van der Waals surface area (Å²) in [6, 6.07) is 0. The lowest BCUT2D eigenvalue weighted by Gasteiger charge is -2.35. The van der Waals surface area contributed by atoms with Crippen molar-refractivity contribution in [1.82, 2.24) is 0 Å². The largest absolute Gasteiger partial charge is 0.396 e. The van der Waals surface area contributed by atoms with E-state index >= 15 is 0 Å². The molecule has 1 aliphatic carbocycles. The molecule has 2 rings (SSSR count). The number of hydrogen-bond donors (Lipinski definition) is 1. The Morgan fingerprint density at radius 2 is 2.08 bits per heavy atom. The molecule has 1 aliphatic heterocycles. The lowest BCUT2D eigenvalue weighted by molar-refractivity contribution is -0.189. The normalized spacial score (nSPS) is 34.2. The highest BCUT2D eigenvalue weighted by Crippen LogP contribution is 2.38. The molecule has 1 spiro atoms. The van der Waals surface area contributed by atoms with Crippen LogP contribution in [-0.4, -0.2) is 30.7 Å². The van der Waals surface area contributed by atoms with Crippen LogP contribution in [0.4, 0.5) is 0 Å². The van der Waals surface area contributed by atoms with Gasteiger partial charge in [0.05, 0.1) is 13.2 Å². The van der Waals surface area contributed by atoms with E-state index in [4.69, 9.17) is 14.6 Å². The van der Waals surface area contributed by atoms with Crippen molar-refractivity contribution in [2.75, 3.05) is 19.8 Å². The average molecular weight is 172 g/mol. The highest BCUT2D eigenvalue weighted by molar-refractivity contribution is 4.82. The van der Waals surface area contributed by atoms with E-state index in [0.717, 1.165) is 38.9 Å². The molecular weight excluding hydrogens is 156 g/mol. The van der Waals surface area contributed by atoms with E-state index in [-0.39, 0.29) is 12.4 Å². The first kappa shape index (κ1) is 8.48. The molecule has 0 aromatic rings. The van der Waals surface area contributed by atoms with Crippen LogP contribution in [0.15, 0.2) is 0 Å². The third kappa shape index (κ3) is 1.49. The van der Waals surface area contributed by atoms with Crippen LogP contribution >= 0.6 is 0 Å². The van der Waals surface area contributed by atoms with Gasteiger partial charge in [-0.2, -0.15) is 0 Å². The molecule has 0 bridgehead atoms. The van der Waals surface area contributed by atoms with Crippen molar-refractivity contribution in [2.45, 2.75) is 31.5 Å². The van der Waals surface area contributed by atoms with E-state index in [1.165, 1.54) is 0 Å². The summed E-state index contributed by atoms with van der Waals surface area (Å²) in [5, 5.41) is 9.02. The predicted molar refractivity (Wildman–Crippen MR) is 43.7 cm³/mol. The smallest absolute Gasteiger partial charge is 0.168 e. The summed E-state index contributed by atoms with van der Waals surface area (Å²) in [6.45, 7) is 1.71. The Kier molecular flexibility index (Phi) is 2.35. The first-order valence-corrected chi connectivity index (χ1v) is 4.73. The summed E-state index contributed by atoms with van der Waals surface area (Å²) >= 11 is 0. The fraction of sp³-hybridized carbons (Fsp3) is 1.00. The molecule has 3 nitrogen and oxygen atoms in total. The minimum Gasteiger partial charge on any atom is -0.396 e. The SMILES string of the molecule is OC[C@H]1CCCC2(C1)OCCO2. The number of ether oxygens (including phenoxy) is 2. The van der Waals surface area contributed by atoms with Gasteiger partial charge < -0.3 is 14.6 Å². The molecule has 1 heterocycles. The molecule has 0 unspecified atom stereocenters. The van der Waals surface area contributed by atoms with Gasteiger partial charge in [-0.3, -0.25) is 0 Å². The van der Waals surface area contributed by atoms with Gasteiger partial charge in [0.15, 0.2) is 5.79 Å². The van der Waals surface area contributed by atoms with Crippen molar-refractivity contribution >= 4 is 0 Å². The van der Waals surface area contributed by atoms with E-state index in [2.05, 4.69) is 0 Å². The molecule has 70 valence electrons. The minimum absolute atomic E-state index is 0.272. The Morgan fingerprint density at radius 3 is 2.75 bits per heavy atom. The maximum Gasteiger partial charge on any atom is 0.168 e. The second kappa shape index (κ2) is 3.32. The number of aliphatic hydroxyl groups is 1. The Bertz CT molecular complexity index is 152. The Labute approximate surface area is 72.7 Å². The van der Waals surface area contributed by atoms with Crippen molar-refractivity contribution in [3.05, 3.63) is 0 Å². The van der Waals surface area contributed by atoms with Crippen molar-refractivity contribution in [3.63, 3.8) is 0 Å². The fourth-order valence-corrected chi connectivity index (χ4v) is 2.22. The van der Waals surface area contributed by atoms with Gasteiger partial charge in [0, 0.05) is 19.4 Å².